The zero-order chi connectivity index (χ0) is 10.7. The van der Waals surface area contributed by atoms with Crippen molar-refractivity contribution in [3.05, 3.63) is 24.1 Å². The molecule has 0 bridgehead atoms. The maximum atomic E-state index is 12.5. The van der Waals surface area contributed by atoms with Crippen LogP contribution in [-0.2, 0) is 4.79 Å². The van der Waals surface area contributed by atoms with Crippen molar-refractivity contribution in [2.75, 3.05) is 11.9 Å². The van der Waals surface area contributed by atoms with Crippen LogP contribution < -0.4 is 10.6 Å². The first kappa shape index (κ1) is 16.1. The van der Waals surface area contributed by atoms with Crippen LogP contribution in [-0.4, -0.2) is 23.5 Å². The summed E-state index contributed by atoms with van der Waals surface area (Å²) >= 11 is 0. The van der Waals surface area contributed by atoms with E-state index in [-0.39, 0.29) is 36.8 Å². The van der Waals surface area contributed by atoms with Crippen molar-refractivity contribution in [3.8, 4) is 0 Å². The lowest BCUT2D eigenvalue weighted by atomic mass is 10.2. The number of nitrogens with zero attached hydrogens (tertiary/aromatic N) is 1. The Hall–Kier alpha value is -0.910. The van der Waals surface area contributed by atoms with E-state index in [1.54, 1.807) is 0 Å². The first-order valence-electron chi connectivity index (χ1n) is 4.91. The minimum Gasteiger partial charge on any atom is -0.309 e. The van der Waals surface area contributed by atoms with Gasteiger partial charge in [-0.3, -0.25) is 4.79 Å². The van der Waals surface area contributed by atoms with Gasteiger partial charge in [0.25, 0.3) is 0 Å². The minimum absolute atomic E-state index is 0. The number of amides is 1. The highest BCUT2D eigenvalue weighted by Crippen LogP contribution is 2.09. The molecule has 0 spiro atoms. The summed E-state index contributed by atoms with van der Waals surface area (Å²) < 4.78 is 12.5. The molecule has 2 rings (SSSR count). The number of halogens is 3. The van der Waals surface area contributed by atoms with Crippen LogP contribution in [0, 0.1) is 5.82 Å². The largest absolute Gasteiger partial charge is 0.309 e. The van der Waals surface area contributed by atoms with E-state index in [9.17, 15) is 9.18 Å². The average Bonchev–Trinajstić information content (AvgIpc) is 2.74. The first-order valence-corrected chi connectivity index (χ1v) is 4.91. The zero-order valence-electron chi connectivity index (χ0n) is 8.98. The van der Waals surface area contributed by atoms with Crippen molar-refractivity contribution >= 4 is 36.5 Å². The first-order chi connectivity index (χ1) is 7.25. The van der Waals surface area contributed by atoms with Crippen LogP contribution in [0.25, 0.3) is 0 Å². The zero-order valence-corrected chi connectivity index (χ0v) is 10.6. The summed E-state index contributed by atoms with van der Waals surface area (Å²) in [5, 5.41) is 5.71. The predicted molar refractivity (Wildman–Crippen MR) is 68.3 cm³/mol. The molecular formula is C10H14Cl2FN3O. The van der Waals surface area contributed by atoms with E-state index in [2.05, 4.69) is 15.6 Å². The normalized spacial score (nSPS) is 17.8. The Morgan fingerprint density at radius 1 is 1.47 bits per heavy atom. The van der Waals surface area contributed by atoms with Gasteiger partial charge in [0.1, 0.15) is 11.6 Å². The number of carbonyl (C=O) groups is 1. The standard InChI is InChI=1S/C10H12FN3O.2ClH/c11-7-3-4-9(13-6-7)14-10(15)8-2-1-5-12-8;;/h3-4,6,8,12H,1-2,5H2,(H,13,14,15);2*1H/t8-;;/m0../s1. The molecule has 0 aromatic carbocycles. The lowest BCUT2D eigenvalue weighted by molar-refractivity contribution is -0.117. The summed E-state index contributed by atoms with van der Waals surface area (Å²) in [6.07, 6.45) is 2.93. The summed E-state index contributed by atoms with van der Waals surface area (Å²) in [4.78, 5) is 15.3. The molecule has 4 nitrogen and oxygen atoms in total. The molecule has 1 atom stereocenters. The van der Waals surface area contributed by atoms with Crippen LogP contribution in [0.2, 0.25) is 0 Å². The summed E-state index contributed by atoms with van der Waals surface area (Å²) in [5.74, 6) is -0.131. The number of pyridine rings is 1. The van der Waals surface area contributed by atoms with Crippen molar-refractivity contribution in [3.63, 3.8) is 0 Å². The predicted octanol–water partition coefficient (Wildman–Crippen LogP) is 1.75. The third-order valence-corrected chi connectivity index (χ3v) is 2.36. The molecule has 1 aromatic rings. The monoisotopic (exact) mass is 281 g/mol. The second kappa shape index (κ2) is 7.42. The van der Waals surface area contributed by atoms with Crippen molar-refractivity contribution in [1.29, 1.82) is 0 Å². The molecule has 0 aliphatic carbocycles. The highest BCUT2D eigenvalue weighted by molar-refractivity contribution is 5.94. The molecule has 1 aromatic heterocycles. The SMILES string of the molecule is Cl.Cl.O=C(Nc1ccc(F)cn1)[C@@H]1CCCN1. The molecule has 17 heavy (non-hydrogen) atoms. The van der Waals surface area contributed by atoms with Crippen LogP contribution >= 0.6 is 24.8 Å². The molecule has 1 fully saturated rings. The molecule has 1 aliphatic rings. The number of aromatic nitrogens is 1. The molecule has 1 amide bonds. The summed E-state index contributed by atoms with van der Waals surface area (Å²) in [6.45, 7) is 0.870. The Kier molecular flexibility index (Phi) is 7.03. The van der Waals surface area contributed by atoms with E-state index in [4.69, 9.17) is 0 Å². The van der Waals surface area contributed by atoms with Gasteiger partial charge in [-0.15, -0.1) is 24.8 Å². The molecule has 0 saturated carbocycles. The van der Waals surface area contributed by atoms with Crippen molar-refractivity contribution in [2.24, 2.45) is 0 Å². The molecule has 0 unspecified atom stereocenters. The second-order valence-corrected chi connectivity index (χ2v) is 3.50. The fraction of sp³-hybridized carbons (Fsp3) is 0.400. The maximum Gasteiger partial charge on any atom is 0.242 e. The number of rotatable bonds is 2. The smallest absolute Gasteiger partial charge is 0.242 e. The highest BCUT2D eigenvalue weighted by Gasteiger charge is 2.21. The van der Waals surface area contributed by atoms with Gasteiger partial charge in [0.2, 0.25) is 5.91 Å². The lowest BCUT2D eigenvalue weighted by Gasteiger charge is -2.09. The van der Waals surface area contributed by atoms with Gasteiger partial charge < -0.3 is 10.6 Å². The molecular weight excluding hydrogens is 268 g/mol. The third kappa shape index (κ3) is 4.46. The van der Waals surface area contributed by atoms with Crippen LogP contribution in [0.5, 0.6) is 0 Å². The van der Waals surface area contributed by atoms with E-state index in [0.717, 1.165) is 25.6 Å². The van der Waals surface area contributed by atoms with Gasteiger partial charge in [0, 0.05) is 0 Å². The quantitative estimate of drug-likeness (QED) is 0.869. The topological polar surface area (TPSA) is 54.0 Å². The Morgan fingerprint density at radius 3 is 2.76 bits per heavy atom. The Balaban J connectivity index is 0.00000128. The maximum absolute atomic E-state index is 12.5. The van der Waals surface area contributed by atoms with Crippen LogP contribution in [0.1, 0.15) is 12.8 Å². The lowest BCUT2D eigenvalue weighted by Crippen LogP contribution is -2.35. The van der Waals surface area contributed by atoms with Gasteiger partial charge in [-0.25, -0.2) is 9.37 Å². The van der Waals surface area contributed by atoms with Crippen LogP contribution in [0.15, 0.2) is 18.3 Å². The summed E-state index contributed by atoms with van der Waals surface area (Å²) in [6, 6.07) is 2.57. The Labute approximate surface area is 111 Å². The van der Waals surface area contributed by atoms with Gasteiger partial charge in [-0.2, -0.15) is 0 Å². The summed E-state index contributed by atoms with van der Waals surface area (Å²) in [7, 11) is 0. The third-order valence-electron chi connectivity index (χ3n) is 2.36. The number of hydrogen-bond acceptors (Lipinski definition) is 3. The van der Waals surface area contributed by atoms with Gasteiger partial charge in [0.05, 0.1) is 12.2 Å². The second-order valence-electron chi connectivity index (χ2n) is 3.50. The van der Waals surface area contributed by atoms with E-state index >= 15 is 0 Å². The number of carbonyl (C=O) groups excluding carboxylic acids is 1. The molecule has 2 heterocycles. The number of nitrogens with one attached hydrogen (secondary N) is 2. The Bertz CT molecular complexity index is 355. The van der Waals surface area contributed by atoms with E-state index in [1.165, 1.54) is 12.1 Å². The molecule has 7 heteroatoms. The van der Waals surface area contributed by atoms with Gasteiger partial charge >= 0.3 is 0 Å². The molecule has 1 aliphatic heterocycles. The molecule has 0 radical (unpaired) electrons. The average molecular weight is 282 g/mol. The summed E-state index contributed by atoms with van der Waals surface area (Å²) in [5.41, 5.74) is 0. The van der Waals surface area contributed by atoms with Crippen molar-refractivity contribution < 1.29 is 9.18 Å². The van der Waals surface area contributed by atoms with Crippen molar-refractivity contribution in [1.82, 2.24) is 10.3 Å². The fourth-order valence-electron chi connectivity index (χ4n) is 1.57. The van der Waals surface area contributed by atoms with Gasteiger partial charge in [0.15, 0.2) is 0 Å². The van der Waals surface area contributed by atoms with Gasteiger partial charge in [-0.05, 0) is 31.5 Å². The van der Waals surface area contributed by atoms with E-state index in [1.807, 2.05) is 0 Å². The molecule has 2 N–H and O–H groups in total. The highest BCUT2D eigenvalue weighted by atomic mass is 35.5. The molecule has 96 valence electrons. The van der Waals surface area contributed by atoms with E-state index in [0.29, 0.717) is 5.82 Å². The van der Waals surface area contributed by atoms with Crippen LogP contribution in [0.4, 0.5) is 10.2 Å². The number of hydrogen-bond donors (Lipinski definition) is 2. The van der Waals surface area contributed by atoms with Gasteiger partial charge in [-0.1, -0.05) is 0 Å². The minimum atomic E-state index is -0.410. The van der Waals surface area contributed by atoms with Crippen LogP contribution in [0.3, 0.4) is 0 Å². The molecule has 1 saturated heterocycles. The van der Waals surface area contributed by atoms with E-state index < -0.39 is 5.82 Å². The van der Waals surface area contributed by atoms with Crippen molar-refractivity contribution in [2.45, 2.75) is 18.9 Å². The number of anilines is 1. The fourth-order valence-corrected chi connectivity index (χ4v) is 1.57. The Morgan fingerprint density at radius 2 is 2.24 bits per heavy atom.